The topological polar surface area (TPSA) is 172 Å². The number of rotatable bonds is 9. The van der Waals surface area contributed by atoms with Gasteiger partial charge in [0.2, 0.25) is 0 Å². The van der Waals surface area contributed by atoms with Crippen LogP contribution in [-0.4, -0.2) is 59.6 Å². The highest BCUT2D eigenvalue weighted by Crippen LogP contribution is 2.63. The number of ether oxygens (including phenoxy) is 2. The molecule has 0 bridgehead atoms. The molecule has 6 aromatic rings. The second-order valence-corrected chi connectivity index (χ2v) is 16.0. The number of allylic oxidation sites excluding steroid dienone is 2. The van der Waals surface area contributed by atoms with E-state index in [9.17, 15) is 28.7 Å². The third kappa shape index (κ3) is 6.06. The minimum atomic E-state index is -1.75. The SMILES string of the molecule is COc1cc2nc(CCn3c(=O)n4n(c3=O)[C@@H]3C[C@H]5C(=O)N(Nc6ccc(F)cc6)C(=O)[C@@]5(c5ccc(Cl)cc5)[C@@H](c5cc(Cl)ccc5O)C3=CC4)c(=O)n(C)c2cc1OC. The predicted molar refractivity (Wildman–Crippen MR) is 223 cm³/mol. The molecule has 312 valence electrons. The number of hydrazine groups is 1. The van der Waals surface area contributed by atoms with Gasteiger partial charge in [-0.25, -0.2) is 32.9 Å². The molecule has 3 aliphatic rings. The Kier molecular flexibility index (Phi) is 9.66. The molecular weight excluding hydrogens is 832 g/mol. The van der Waals surface area contributed by atoms with Crippen molar-refractivity contribution in [1.29, 1.82) is 0 Å². The smallest absolute Gasteiger partial charge is 0.347 e. The summed E-state index contributed by atoms with van der Waals surface area (Å²) >= 11 is 12.9. The van der Waals surface area contributed by atoms with Crippen LogP contribution < -0.4 is 31.8 Å². The molecule has 4 heterocycles. The van der Waals surface area contributed by atoms with Gasteiger partial charge < -0.3 is 19.1 Å². The summed E-state index contributed by atoms with van der Waals surface area (Å²) in [6.45, 7) is -0.319. The van der Waals surface area contributed by atoms with Crippen LogP contribution in [0.4, 0.5) is 10.1 Å². The first kappa shape index (κ1) is 39.8. The molecule has 0 spiro atoms. The summed E-state index contributed by atoms with van der Waals surface area (Å²) in [4.78, 5) is 77.0. The van der Waals surface area contributed by atoms with Gasteiger partial charge in [-0.15, -0.1) is 0 Å². The van der Waals surface area contributed by atoms with E-state index < -0.39 is 57.9 Å². The minimum Gasteiger partial charge on any atom is -0.508 e. The second kappa shape index (κ2) is 14.8. The minimum absolute atomic E-state index is 0.0839. The van der Waals surface area contributed by atoms with E-state index in [0.717, 1.165) is 9.58 Å². The number of phenolic OH excluding ortho intramolecular Hbond substituents is 1. The molecule has 61 heavy (non-hydrogen) atoms. The van der Waals surface area contributed by atoms with E-state index in [1.165, 1.54) is 70.6 Å². The Morgan fingerprint density at radius 2 is 1.59 bits per heavy atom. The maximum Gasteiger partial charge on any atom is 0.347 e. The van der Waals surface area contributed by atoms with Crippen LogP contribution in [0.5, 0.6) is 17.2 Å². The Bertz CT molecular complexity index is 3030. The zero-order valence-corrected chi connectivity index (χ0v) is 34.3. The summed E-state index contributed by atoms with van der Waals surface area (Å²) in [7, 11) is 4.54. The summed E-state index contributed by atoms with van der Waals surface area (Å²) in [6.07, 6.45) is 1.53. The Morgan fingerprint density at radius 3 is 2.30 bits per heavy atom. The number of nitrogens with one attached hydrogen (secondary N) is 1. The molecule has 2 fully saturated rings. The number of benzene rings is 4. The van der Waals surface area contributed by atoms with Gasteiger partial charge in [-0.2, -0.15) is 5.01 Å². The number of hydrogen-bond acceptors (Lipinski definition) is 10. The Balaban J connectivity index is 1.17. The maximum atomic E-state index is 15.3. The van der Waals surface area contributed by atoms with Gasteiger partial charge in [0.25, 0.3) is 17.4 Å². The highest BCUT2D eigenvalue weighted by atomic mass is 35.5. The van der Waals surface area contributed by atoms with Crippen molar-refractivity contribution < 1.29 is 28.6 Å². The number of halogens is 3. The number of hydrogen-bond donors (Lipinski definition) is 2. The van der Waals surface area contributed by atoms with Gasteiger partial charge in [-0.1, -0.05) is 41.4 Å². The number of nitrogens with zero attached hydrogens (tertiary/aromatic N) is 6. The van der Waals surface area contributed by atoms with Crippen LogP contribution in [0.2, 0.25) is 10.0 Å². The Hall–Kier alpha value is -6.65. The molecule has 2 aliphatic heterocycles. The first-order valence-electron chi connectivity index (χ1n) is 19.2. The Morgan fingerprint density at radius 1 is 0.902 bits per heavy atom. The summed E-state index contributed by atoms with van der Waals surface area (Å²) in [6, 6.07) is 18.3. The molecule has 2 N–H and O–H groups in total. The van der Waals surface area contributed by atoms with E-state index in [1.54, 1.807) is 49.5 Å². The van der Waals surface area contributed by atoms with Crippen LogP contribution >= 0.6 is 23.2 Å². The largest absolute Gasteiger partial charge is 0.508 e. The summed E-state index contributed by atoms with van der Waals surface area (Å²) in [5, 5.41) is 13.1. The first-order valence-corrected chi connectivity index (χ1v) is 19.9. The molecule has 0 unspecified atom stereocenters. The number of carbonyl (C=O) groups is 2. The predicted octanol–water partition coefficient (Wildman–Crippen LogP) is 5.09. The molecule has 1 saturated heterocycles. The highest BCUT2D eigenvalue weighted by Gasteiger charge is 2.69. The quantitative estimate of drug-likeness (QED) is 0.147. The van der Waals surface area contributed by atoms with Gasteiger partial charge in [0.05, 0.1) is 54.9 Å². The lowest BCUT2D eigenvalue weighted by Gasteiger charge is -2.49. The van der Waals surface area contributed by atoms with Gasteiger partial charge in [-0.05, 0) is 72.2 Å². The molecule has 9 rings (SSSR count). The van der Waals surface area contributed by atoms with Crippen LogP contribution in [0.3, 0.4) is 0 Å². The lowest BCUT2D eigenvalue weighted by molar-refractivity contribution is -0.138. The standard InChI is InChI=1S/C43H36Cl2FN7O8/c1-49-33-21-36(61-3)35(60-2)20-31(33)47-30(39(49)56)15-16-50-41(58)51-17-14-27-32(53(51)42(50)59)19-29-38(55)52(48-26-11-9-25(46)10-12-26)40(57)43(29,22-4-6-23(44)7-5-22)37(27)28-18-24(45)8-13-34(28)54/h4-14,18,20-21,29,32,37,48,54H,15-17,19H2,1-3H3/t29-,32+,37+,43+/m0/s1. The van der Waals surface area contributed by atoms with Crippen molar-refractivity contribution in [3.05, 3.63) is 155 Å². The fourth-order valence-corrected chi connectivity index (χ4v) is 9.65. The molecule has 2 amide bonds. The van der Waals surface area contributed by atoms with Gasteiger partial charge in [0, 0.05) is 53.7 Å². The third-order valence-electron chi connectivity index (χ3n) is 12.1. The molecular formula is C43H36Cl2FN7O8. The van der Waals surface area contributed by atoms with Crippen LogP contribution in [0.15, 0.2) is 105 Å². The number of fused-ring (bicyclic) bond motifs is 5. The van der Waals surface area contributed by atoms with Crippen LogP contribution in [-0.2, 0) is 41.6 Å². The number of aromatic nitrogens is 5. The normalized spacial score (nSPS) is 20.6. The second-order valence-electron chi connectivity index (χ2n) is 15.1. The summed E-state index contributed by atoms with van der Waals surface area (Å²) in [5.41, 5.74) is 1.71. The fraction of sp³-hybridized carbons (Fsp3) is 0.256. The highest BCUT2D eigenvalue weighted by molar-refractivity contribution is 6.31. The third-order valence-corrected chi connectivity index (χ3v) is 12.6. The number of anilines is 1. The molecule has 0 radical (unpaired) electrons. The number of methoxy groups -OCH3 is 2. The van der Waals surface area contributed by atoms with E-state index in [-0.39, 0.29) is 53.6 Å². The molecule has 1 saturated carbocycles. The lowest BCUT2D eigenvalue weighted by atomic mass is 9.53. The van der Waals surface area contributed by atoms with Crippen molar-refractivity contribution in [2.75, 3.05) is 19.6 Å². The molecule has 4 atom stereocenters. The van der Waals surface area contributed by atoms with E-state index >= 15 is 4.79 Å². The van der Waals surface area contributed by atoms with E-state index in [4.69, 9.17) is 32.7 Å². The van der Waals surface area contributed by atoms with E-state index in [2.05, 4.69) is 10.4 Å². The summed E-state index contributed by atoms with van der Waals surface area (Å²) in [5.74, 6) is -3.58. The fourth-order valence-electron chi connectivity index (χ4n) is 9.35. The van der Waals surface area contributed by atoms with Crippen molar-refractivity contribution in [2.45, 2.75) is 43.3 Å². The zero-order chi connectivity index (χ0) is 43.1. The van der Waals surface area contributed by atoms with Crippen molar-refractivity contribution in [3.8, 4) is 17.2 Å². The number of carbonyl (C=O) groups excluding carboxylic acids is 2. The van der Waals surface area contributed by atoms with Crippen molar-refractivity contribution in [2.24, 2.45) is 13.0 Å². The summed E-state index contributed by atoms with van der Waals surface area (Å²) < 4.78 is 29.7. The van der Waals surface area contributed by atoms with Crippen LogP contribution in [0, 0.1) is 11.7 Å². The van der Waals surface area contributed by atoms with Gasteiger partial charge in [-0.3, -0.25) is 19.8 Å². The number of amides is 2. The molecule has 18 heteroatoms. The van der Waals surface area contributed by atoms with E-state index in [0.29, 0.717) is 38.7 Å². The number of aryl methyl sites for hydroxylation is 2. The van der Waals surface area contributed by atoms with Crippen molar-refractivity contribution >= 4 is 51.7 Å². The number of imide groups is 1. The van der Waals surface area contributed by atoms with Crippen LogP contribution in [0.25, 0.3) is 11.0 Å². The van der Waals surface area contributed by atoms with Gasteiger partial charge >= 0.3 is 11.4 Å². The van der Waals surface area contributed by atoms with Gasteiger partial charge in [0.15, 0.2) is 11.5 Å². The average molecular weight is 869 g/mol. The molecule has 4 aromatic carbocycles. The average Bonchev–Trinajstić information content (AvgIpc) is 3.62. The van der Waals surface area contributed by atoms with Crippen LogP contribution in [0.1, 0.15) is 35.2 Å². The molecule has 2 aromatic heterocycles. The zero-order valence-electron chi connectivity index (χ0n) is 32.8. The Labute approximate surface area is 355 Å². The van der Waals surface area contributed by atoms with Crippen molar-refractivity contribution in [1.82, 2.24) is 28.5 Å². The lowest BCUT2D eigenvalue weighted by Crippen LogP contribution is -2.53. The molecule has 15 nitrogen and oxygen atoms in total. The van der Waals surface area contributed by atoms with Crippen molar-refractivity contribution in [3.63, 3.8) is 0 Å². The first-order chi connectivity index (χ1) is 29.3. The maximum absolute atomic E-state index is 15.3. The number of phenols is 1. The molecule has 1 aliphatic carbocycles. The van der Waals surface area contributed by atoms with Gasteiger partial charge in [0.1, 0.15) is 17.3 Å². The monoisotopic (exact) mass is 867 g/mol. The number of aromatic hydroxyl groups is 1. The van der Waals surface area contributed by atoms with E-state index in [1.807, 2.05) is 0 Å².